The second-order valence-corrected chi connectivity index (χ2v) is 3.59. The van der Waals surface area contributed by atoms with Gasteiger partial charge in [-0.25, -0.2) is 4.39 Å². The number of fused-ring (bicyclic) bond motifs is 1. The van der Waals surface area contributed by atoms with Crippen molar-refractivity contribution in [3.05, 3.63) is 29.3 Å². The maximum Gasteiger partial charge on any atom is 0.200 e. The average molecular weight is 199 g/mol. The Balaban J connectivity index is 2.53. The summed E-state index contributed by atoms with van der Waals surface area (Å²) in [6.07, 6.45) is 0. The van der Waals surface area contributed by atoms with Gasteiger partial charge in [0.15, 0.2) is 11.6 Å². The molecule has 0 radical (unpaired) electrons. The maximum atomic E-state index is 13.2. The van der Waals surface area contributed by atoms with Gasteiger partial charge in [0.05, 0.1) is 6.61 Å². The van der Waals surface area contributed by atoms with Crippen LogP contribution in [0.25, 0.3) is 0 Å². The van der Waals surface area contributed by atoms with E-state index in [1.165, 1.54) is 6.07 Å². The van der Waals surface area contributed by atoms with E-state index in [0.717, 1.165) is 6.07 Å². The summed E-state index contributed by atoms with van der Waals surface area (Å²) in [4.78, 5) is 0. The first kappa shape index (κ1) is 9.40. The van der Waals surface area contributed by atoms with Gasteiger partial charge in [0.2, 0.25) is 5.82 Å². The van der Waals surface area contributed by atoms with Crippen LogP contribution in [-0.4, -0.2) is 6.61 Å². The van der Waals surface area contributed by atoms with Gasteiger partial charge in [-0.1, -0.05) is 13.0 Å². The molecule has 0 bridgehead atoms. The highest BCUT2D eigenvalue weighted by Gasteiger charge is 2.28. The quantitative estimate of drug-likeness (QED) is 0.693. The van der Waals surface area contributed by atoms with Crippen LogP contribution in [0.3, 0.4) is 0 Å². The SMILES string of the molecule is CC1COc2c(ccc(F)c2F)C1N. The molecule has 0 spiro atoms. The van der Waals surface area contributed by atoms with Crippen molar-refractivity contribution in [1.82, 2.24) is 0 Å². The normalized spacial score (nSPS) is 25.4. The minimum absolute atomic E-state index is 0.0319. The van der Waals surface area contributed by atoms with E-state index in [9.17, 15) is 8.78 Å². The topological polar surface area (TPSA) is 35.2 Å². The molecule has 2 atom stereocenters. The molecule has 1 aromatic carbocycles. The molecule has 0 fully saturated rings. The molecule has 1 aromatic rings. The first-order chi connectivity index (χ1) is 6.61. The van der Waals surface area contributed by atoms with E-state index in [-0.39, 0.29) is 17.7 Å². The molecule has 2 nitrogen and oxygen atoms in total. The molecular formula is C10H11F2NO. The van der Waals surface area contributed by atoms with Crippen molar-refractivity contribution < 1.29 is 13.5 Å². The molecule has 2 rings (SSSR count). The summed E-state index contributed by atoms with van der Waals surface area (Å²) >= 11 is 0. The summed E-state index contributed by atoms with van der Waals surface area (Å²) in [5, 5.41) is 0. The van der Waals surface area contributed by atoms with Gasteiger partial charge in [0.1, 0.15) is 0 Å². The van der Waals surface area contributed by atoms with E-state index >= 15 is 0 Å². The third-order valence-electron chi connectivity index (χ3n) is 2.54. The maximum absolute atomic E-state index is 13.2. The van der Waals surface area contributed by atoms with Gasteiger partial charge in [-0.2, -0.15) is 4.39 Å². The summed E-state index contributed by atoms with van der Waals surface area (Å²) in [7, 11) is 0. The molecule has 2 unspecified atom stereocenters. The molecule has 0 amide bonds. The fraction of sp³-hybridized carbons (Fsp3) is 0.400. The van der Waals surface area contributed by atoms with Gasteiger partial charge in [0, 0.05) is 17.5 Å². The van der Waals surface area contributed by atoms with Crippen LogP contribution in [0.2, 0.25) is 0 Å². The van der Waals surface area contributed by atoms with Crippen LogP contribution in [0.4, 0.5) is 8.78 Å². The predicted molar refractivity (Wildman–Crippen MR) is 47.9 cm³/mol. The van der Waals surface area contributed by atoms with Crippen LogP contribution < -0.4 is 10.5 Å². The Hall–Kier alpha value is -1.16. The van der Waals surface area contributed by atoms with E-state index in [1.807, 2.05) is 6.92 Å². The second-order valence-electron chi connectivity index (χ2n) is 3.59. The van der Waals surface area contributed by atoms with Crippen molar-refractivity contribution in [2.45, 2.75) is 13.0 Å². The van der Waals surface area contributed by atoms with Crippen molar-refractivity contribution in [2.75, 3.05) is 6.61 Å². The van der Waals surface area contributed by atoms with Crippen LogP contribution in [0.1, 0.15) is 18.5 Å². The molecule has 0 aromatic heterocycles. The zero-order valence-corrected chi connectivity index (χ0v) is 7.76. The Kier molecular flexibility index (Phi) is 2.15. The van der Waals surface area contributed by atoms with Crippen molar-refractivity contribution in [3.63, 3.8) is 0 Å². The highest BCUT2D eigenvalue weighted by Crippen LogP contribution is 2.36. The lowest BCUT2D eigenvalue weighted by molar-refractivity contribution is 0.195. The summed E-state index contributed by atoms with van der Waals surface area (Å²) in [5.41, 5.74) is 6.38. The van der Waals surface area contributed by atoms with Crippen LogP contribution in [-0.2, 0) is 0 Å². The average Bonchev–Trinajstić information content (AvgIpc) is 2.17. The Morgan fingerprint density at radius 3 is 2.86 bits per heavy atom. The Bertz CT molecular complexity index is 367. The predicted octanol–water partition coefficient (Wildman–Crippen LogP) is 1.99. The second kappa shape index (κ2) is 3.20. The summed E-state index contributed by atoms with van der Waals surface area (Å²) < 4.78 is 31.2. The first-order valence-corrected chi connectivity index (χ1v) is 4.47. The number of halogens is 2. The summed E-state index contributed by atoms with van der Waals surface area (Å²) in [6.45, 7) is 2.24. The van der Waals surface area contributed by atoms with Crippen LogP contribution in [0, 0.1) is 17.6 Å². The van der Waals surface area contributed by atoms with E-state index in [4.69, 9.17) is 10.5 Å². The van der Waals surface area contributed by atoms with Gasteiger partial charge in [-0.05, 0) is 6.07 Å². The number of ether oxygens (including phenoxy) is 1. The molecule has 1 aliphatic rings. The number of hydrogen-bond donors (Lipinski definition) is 1. The smallest absolute Gasteiger partial charge is 0.200 e. The summed E-state index contributed by atoms with van der Waals surface area (Å²) in [6, 6.07) is 2.28. The number of nitrogens with two attached hydrogens (primary N) is 1. The molecular weight excluding hydrogens is 188 g/mol. The summed E-state index contributed by atoms with van der Waals surface area (Å²) in [5.74, 6) is -1.75. The molecule has 4 heteroatoms. The van der Waals surface area contributed by atoms with E-state index in [2.05, 4.69) is 0 Å². The van der Waals surface area contributed by atoms with Crippen molar-refractivity contribution in [1.29, 1.82) is 0 Å². The molecule has 0 saturated carbocycles. The fourth-order valence-corrected chi connectivity index (χ4v) is 1.58. The number of rotatable bonds is 0. The van der Waals surface area contributed by atoms with E-state index in [1.54, 1.807) is 0 Å². The molecule has 2 N–H and O–H groups in total. The third-order valence-corrected chi connectivity index (χ3v) is 2.54. The van der Waals surface area contributed by atoms with Crippen LogP contribution >= 0.6 is 0 Å². The number of hydrogen-bond acceptors (Lipinski definition) is 2. The largest absolute Gasteiger partial charge is 0.490 e. The van der Waals surface area contributed by atoms with Crippen LogP contribution in [0.15, 0.2) is 12.1 Å². The highest BCUT2D eigenvalue weighted by atomic mass is 19.2. The minimum atomic E-state index is -0.940. The van der Waals surface area contributed by atoms with Crippen molar-refractivity contribution in [2.24, 2.45) is 11.7 Å². The molecule has 14 heavy (non-hydrogen) atoms. The van der Waals surface area contributed by atoms with Gasteiger partial charge < -0.3 is 10.5 Å². The van der Waals surface area contributed by atoms with Gasteiger partial charge in [0.25, 0.3) is 0 Å². The standard InChI is InChI=1S/C10H11F2NO/c1-5-4-14-10-6(9(5)13)2-3-7(11)8(10)12/h2-3,5,9H,4,13H2,1H3. The lowest BCUT2D eigenvalue weighted by atomic mass is 9.93. The van der Waals surface area contributed by atoms with Gasteiger partial charge in [-0.3, -0.25) is 0 Å². The molecule has 0 aliphatic carbocycles. The minimum Gasteiger partial charge on any atom is -0.490 e. The van der Waals surface area contributed by atoms with Crippen molar-refractivity contribution in [3.8, 4) is 5.75 Å². The van der Waals surface area contributed by atoms with Gasteiger partial charge in [-0.15, -0.1) is 0 Å². The van der Waals surface area contributed by atoms with E-state index < -0.39 is 11.6 Å². The zero-order chi connectivity index (χ0) is 10.3. The Morgan fingerprint density at radius 1 is 1.43 bits per heavy atom. The first-order valence-electron chi connectivity index (χ1n) is 4.47. The Labute approximate surface area is 80.7 Å². The molecule has 1 heterocycles. The van der Waals surface area contributed by atoms with E-state index in [0.29, 0.717) is 12.2 Å². The molecule has 1 aliphatic heterocycles. The lowest BCUT2D eigenvalue weighted by Gasteiger charge is -2.28. The van der Waals surface area contributed by atoms with Crippen LogP contribution in [0.5, 0.6) is 5.75 Å². The highest BCUT2D eigenvalue weighted by molar-refractivity contribution is 5.39. The molecule has 0 saturated heterocycles. The third kappa shape index (κ3) is 1.26. The number of benzene rings is 1. The molecule has 76 valence electrons. The zero-order valence-electron chi connectivity index (χ0n) is 7.76. The Morgan fingerprint density at radius 2 is 2.14 bits per heavy atom. The van der Waals surface area contributed by atoms with Crippen molar-refractivity contribution >= 4 is 0 Å². The monoisotopic (exact) mass is 199 g/mol. The fourth-order valence-electron chi connectivity index (χ4n) is 1.58. The van der Waals surface area contributed by atoms with Gasteiger partial charge >= 0.3 is 0 Å². The lowest BCUT2D eigenvalue weighted by Crippen LogP contribution is -2.30.